The van der Waals surface area contributed by atoms with Crippen molar-refractivity contribution >= 4 is 12.0 Å². The molecular weight excluding hydrogens is 398 g/mol. The van der Waals surface area contributed by atoms with Gasteiger partial charge in [0.1, 0.15) is 11.8 Å². The summed E-state index contributed by atoms with van der Waals surface area (Å²) in [5.41, 5.74) is 2.63. The van der Waals surface area contributed by atoms with E-state index in [1.165, 1.54) is 6.08 Å². The first kappa shape index (κ1) is 22.0. The molecule has 0 spiro atoms. The average molecular weight is 425 g/mol. The van der Waals surface area contributed by atoms with Gasteiger partial charge >= 0.3 is 0 Å². The van der Waals surface area contributed by atoms with Crippen molar-refractivity contribution in [1.82, 2.24) is 15.1 Å². The third kappa shape index (κ3) is 5.09. The van der Waals surface area contributed by atoms with Crippen LogP contribution in [0.15, 0.2) is 47.1 Å². The van der Waals surface area contributed by atoms with Crippen molar-refractivity contribution in [2.45, 2.75) is 19.9 Å². The van der Waals surface area contributed by atoms with E-state index >= 15 is 0 Å². The number of rotatable bonds is 9. The Hall–Kier alpha value is -3.68. The number of furan rings is 1. The number of methoxy groups -OCH3 is 3. The molecule has 8 nitrogen and oxygen atoms in total. The highest BCUT2D eigenvalue weighted by Gasteiger charge is 2.20. The van der Waals surface area contributed by atoms with E-state index in [2.05, 4.69) is 10.4 Å². The van der Waals surface area contributed by atoms with Crippen LogP contribution in [0.2, 0.25) is 0 Å². The maximum absolute atomic E-state index is 12.5. The zero-order valence-corrected chi connectivity index (χ0v) is 18.3. The lowest BCUT2D eigenvalue weighted by Gasteiger charge is -2.17. The van der Waals surface area contributed by atoms with Crippen LogP contribution >= 0.6 is 0 Å². The van der Waals surface area contributed by atoms with Crippen molar-refractivity contribution in [2.75, 3.05) is 27.9 Å². The average Bonchev–Trinajstić information content (AvgIpc) is 3.41. The molecule has 0 aliphatic carbocycles. The highest BCUT2D eigenvalue weighted by molar-refractivity contribution is 5.92. The van der Waals surface area contributed by atoms with E-state index in [4.69, 9.17) is 18.6 Å². The van der Waals surface area contributed by atoms with Gasteiger partial charge in [0.2, 0.25) is 11.7 Å². The maximum Gasteiger partial charge on any atom is 0.244 e. The number of ether oxygens (including phenoxy) is 3. The first-order valence-electron chi connectivity index (χ1n) is 9.79. The van der Waals surface area contributed by atoms with Crippen molar-refractivity contribution < 1.29 is 23.4 Å². The van der Waals surface area contributed by atoms with Crippen LogP contribution in [0, 0.1) is 13.8 Å². The molecule has 1 aromatic carbocycles. The van der Waals surface area contributed by atoms with Gasteiger partial charge in [-0.25, -0.2) is 0 Å². The molecule has 3 aromatic rings. The normalized spacial score (nSPS) is 12.0. The molecule has 31 heavy (non-hydrogen) atoms. The monoisotopic (exact) mass is 425 g/mol. The Morgan fingerprint density at radius 1 is 1.16 bits per heavy atom. The van der Waals surface area contributed by atoms with Crippen LogP contribution in [0.1, 0.15) is 28.8 Å². The Labute approximate surface area is 181 Å². The molecule has 164 valence electrons. The number of nitrogens with zero attached hydrogens (tertiary/aromatic N) is 2. The summed E-state index contributed by atoms with van der Waals surface area (Å²) in [4.78, 5) is 12.5. The van der Waals surface area contributed by atoms with E-state index in [0.717, 1.165) is 22.7 Å². The number of aryl methyl sites for hydroxylation is 2. The number of carbonyl (C=O) groups excluding carboxylic acids is 1. The van der Waals surface area contributed by atoms with Gasteiger partial charge in [-0.3, -0.25) is 9.48 Å². The molecule has 1 unspecified atom stereocenters. The summed E-state index contributed by atoms with van der Waals surface area (Å²) in [5.74, 6) is 2.01. The van der Waals surface area contributed by atoms with E-state index in [1.54, 1.807) is 45.8 Å². The molecule has 1 atom stereocenters. The van der Waals surface area contributed by atoms with E-state index in [0.29, 0.717) is 23.8 Å². The first-order valence-corrected chi connectivity index (χ1v) is 9.79. The van der Waals surface area contributed by atoms with Gasteiger partial charge in [-0.05, 0) is 55.8 Å². The van der Waals surface area contributed by atoms with E-state index < -0.39 is 0 Å². The third-order valence-corrected chi connectivity index (χ3v) is 4.80. The van der Waals surface area contributed by atoms with E-state index in [9.17, 15) is 4.79 Å². The van der Waals surface area contributed by atoms with Gasteiger partial charge < -0.3 is 23.9 Å². The van der Waals surface area contributed by atoms with Gasteiger partial charge in [0, 0.05) is 18.3 Å². The maximum atomic E-state index is 12.5. The number of nitrogens with one attached hydrogen (secondary N) is 1. The molecular formula is C23H27N3O5. The van der Waals surface area contributed by atoms with Crippen molar-refractivity contribution in [1.29, 1.82) is 0 Å². The van der Waals surface area contributed by atoms with Crippen molar-refractivity contribution in [3.8, 4) is 17.2 Å². The zero-order chi connectivity index (χ0) is 22.4. The van der Waals surface area contributed by atoms with Gasteiger partial charge in [0.15, 0.2) is 11.5 Å². The highest BCUT2D eigenvalue weighted by Crippen LogP contribution is 2.38. The molecule has 1 amide bonds. The molecule has 0 aliphatic rings. The van der Waals surface area contributed by atoms with Gasteiger partial charge in [0.05, 0.1) is 33.3 Å². The second-order valence-electron chi connectivity index (χ2n) is 6.94. The molecule has 3 rings (SSSR count). The largest absolute Gasteiger partial charge is 0.493 e. The fourth-order valence-electron chi connectivity index (χ4n) is 3.38. The molecule has 2 aromatic heterocycles. The van der Waals surface area contributed by atoms with Gasteiger partial charge in [0.25, 0.3) is 0 Å². The van der Waals surface area contributed by atoms with Crippen molar-refractivity contribution in [3.05, 3.63) is 65.4 Å². The fourth-order valence-corrected chi connectivity index (χ4v) is 3.38. The Bertz CT molecular complexity index is 1030. The molecule has 0 radical (unpaired) electrons. The fraction of sp³-hybridized carbons (Fsp3) is 0.304. The molecule has 0 saturated heterocycles. The molecule has 0 aliphatic heterocycles. The Morgan fingerprint density at radius 2 is 1.87 bits per heavy atom. The van der Waals surface area contributed by atoms with Crippen LogP contribution in [-0.2, 0) is 4.79 Å². The van der Waals surface area contributed by atoms with Crippen LogP contribution in [0.3, 0.4) is 0 Å². The minimum atomic E-state index is -0.248. The van der Waals surface area contributed by atoms with E-state index in [1.807, 2.05) is 36.7 Å². The molecule has 8 heteroatoms. The van der Waals surface area contributed by atoms with Gasteiger partial charge in [-0.2, -0.15) is 5.10 Å². The molecule has 1 N–H and O–H groups in total. The third-order valence-electron chi connectivity index (χ3n) is 4.80. The minimum Gasteiger partial charge on any atom is -0.493 e. The summed E-state index contributed by atoms with van der Waals surface area (Å²) in [6, 6.07) is 8.97. The lowest BCUT2D eigenvalue weighted by molar-refractivity contribution is -0.116. The SMILES string of the molecule is COc1cc(/C=C/C(=O)NCC(c2ccco2)n2nc(C)cc2C)cc(OC)c1OC. The molecule has 0 bridgehead atoms. The van der Waals surface area contributed by atoms with Crippen molar-refractivity contribution in [3.63, 3.8) is 0 Å². The number of hydrogen-bond donors (Lipinski definition) is 1. The number of hydrogen-bond acceptors (Lipinski definition) is 6. The summed E-state index contributed by atoms with van der Waals surface area (Å²) in [5, 5.41) is 7.46. The Morgan fingerprint density at radius 3 is 2.39 bits per heavy atom. The smallest absolute Gasteiger partial charge is 0.244 e. The zero-order valence-electron chi connectivity index (χ0n) is 18.3. The van der Waals surface area contributed by atoms with Crippen LogP contribution < -0.4 is 19.5 Å². The first-order chi connectivity index (χ1) is 15.0. The molecule has 0 saturated carbocycles. The lowest BCUT2D eigenvalue weighted by Crippen LogP contribution is -2.31. The highest BCUT2D eigenvalue weighted by atomic mass is 16.5. The number of aromatic nitrogens is 2. The topological polar surface area (TPSA) is 87.8 Å². The molecule has 0 fully saturated rings. The number of carbonyl (C=O) groups is 1. The van der Waals surface area contributed by atoms with Gasteiger partial charge in [-0.15, -0.1) is 0 Å². The summed E-state index contributed by atoms with van der Waals surface area (Å²) >= 11 is 0. The van der Waals surface area contributed by atoms with Crippen LogP contribution in [0.5, 0.6) is 17.2 Å². The quantitative estimate of drug-likeness (QED) is 0.528. The lowest BCUT2D eigenvalue weighted by atomic mass is 10.1. The summed E-state index contributed by atoms with van der Waals surface area (Å²) < 4.78 is 23.5. The second-order valence-corrected chi connectivity index (χ2v) is 6.94. The summed E-state index contributed by atoms with van der Waals surface area (Å²) in [6.07, 6.45) is 4.76. The van der Waals surface area contributed by atoms with Crippen molar-refractivity contribution in [2.24, 2.45) is 0 Å². The molecule has 2 heterocycles. The Balaban J connectivity index is 1.74. The van der Waals surface area contributed by atoms with E-state index in [-0.39, 0.29) is 11.9 Å². The summed E-state index contributed by atoms with van der Waals surface area (Å²) in [7, 11) is 4.64. The predicted octanol–water partition coefficient (Wildman–Crippen LogP) is 3.54. The van der Waals surface area contributed by atoms with Crippen LogP contribution in [-0.4, -0.2) is 43.6 Å². The number of amides is 1. The van der Waals surface area contributed by atoms with Crippen LogP contribution in [0.4, 0.5) is 0 Å². The predicted molar refractivity (Wildman–Crippen MR) is 117 cm³/mol. The number of benzene rings is 1. The van der Waals surface area contributed by atoms with Crippen LogP contribution in [0.25, 0.3) is 6.08 Å². The second kappa shape index (κ2) is 9.88. The van der Waals surface area contributed by atoms with Gasteiger partial charge in [-0.1, -0.05) is 0 Å². The summed E-state index contributed by atoms with van der Waals surface area (Å²) in [6.45, 7) is 4.23. The minimum absolute atomic E-state index is 0.244. The standard InChI is InChI=1S/C23H27N3O5/c1-15-11-16(2)26(25-15)18(19-7-6-10-31-19)14-24-22(27)9-8-17-12-20(28-3)23(30-5)21(13-17)29-4/h6-13,18H,14H2,1-5H3,(H,24,27)/b9-8+. The Kier molecular flexibility index (Phi) is 7.02.